The van der Waals surface area contributed by atoms with Gasteiger partial charge in [-0.05, 0) is 12.1 Å². The Labute approximate surface area is 107 Å². The third-order valence-corrected chi connectivity index (χ3v) is 3.21. The van der Waals surface area contributed by atoms with E-state index in [-0.39, 0.29) is 21.5 Å². The Bertz CT molecular complexity index is 356. The van der Waals surface area contributed by atoms with Crippen molar-refractivity contribution in [3.8, 4) is 0 Å². The summed E-state index contributed by atoms with van der Waals surface area (Å²) in [5.74, 6) is -0.109. The molecule has 1 rings (SSSR count). The van der Waals surface area contributed by atoms with Gasteiger partial charge in [0.1, 0.15) is 6.10 Å². The number of hydrogen-bond acceptors (Lipinski definition) is 2. The Morgan fingerprint density at radius 2 is 1.73 bits per heavy atom. The smallest absolute Gasteiger partial charge is 0.108 e. The van der Waals surface area contributed by atoms with Crippen LogP contribution < -0.4 is 0 Å². The molecule has 0 spiro atoms. The third kappa shape index (κ3) is 3.13. The summed E-state index contributed by atoms with van der Waals surface area (Å²) < 4.78 is 0. The average Bonchev–Trinajstić information content (AvgIpc) is 2.21. The van der Waals surface area contributed by atoms with Crippen molar-refractivity contribution in [1.29, 1.82) is 0 Å². The molecule has 1 aromatic rings. The summed E-state index contributed by atoms with van der Waals surface area (Å²) in [6.07, 6.45) is -2.31. The first-order valence-corrected chi connectivity index (χ1v) is 5.70. The van der Waals surface area contributed by atoms with Gasteiger partial charge in [-0.15, -0.1) is 11.6 Å². The molecule has 2 unspecified atom stereocenters. The molecule has 6 heteroatoms. The van der Waals surface area contributed by atoms with Gasteiger partial charge >= 0.3 is 0 Å². The number of benzene rings is 1. The zero-order valence-corrected chi connectivity index (χ0v) is 10.4. The lowest BCUT2D eigenvalue weighted by Crippen LogP contribution is -2.20. The molecule has 0 saturated carbocycles. The fraction of sp³-hybridized carbons (Fsp3) is 0.333. The van der Waals surface area contributed by atoms with Gasteiger partial charge < -0.3 is 10.2 Å². The molecule has 0 saturated heterocycles. The van der Waals surface area contributed by atoms with Gasteiger partial charge in [-0.3, -0.25) is 0 Å². The molecule has 0 aliphatic carbocycles. The van der Waals surface area contributed by atoms with Gasteiger partial charge in [-0.1, -0.05) is 34.8 Å². The van der Waals surface area contributed by atoms with Crippen LogP contribution in [-0.2, 0) is 0 Å². The quantitative estimate of drug-likeness (QED) is 0.662. The second kappa shape index (κ2) is 5.58. The van der Waals surface area contributed by atoms with Gasteiger partial charge in [0.2, 0.25) is 0 Å². The first-order valence-electron chi connectivity index (χ1n) is 4.04. The molecule has 2 nitrogen and oxygen atoms in total. The van der Waals surface area contributed by atoms with E-state index in [2.05, 4.69) is 0 Å². The molecule has 1 aromatic carbocycles. The maximum absolute atomic E-state index is 9.68. The molecule has 0 bridgehead atoms. The van der Waals surface area contributed by atoms with E-state index in [1.807, 2.05) is 0 Å². The highest BCUT2D eigenvalue weighted by atomic mass is 35.5. The lowest BCUT2D eigenvalue weighted by molar-refractivity contribution is 0.0328. The molecule has 0 aliphatic rings. The molecular formula is C9H8Cl4O2. The van der Waals surface area contributed by atoms with Crippen molar-refractivity contribution in [3.63, 3.8) is 0 Å². The third-order valence-electron chi connectivity index (χ3n) is 1.86. The van der Waals surface area contributed by atoms with Gasteiger partial charge in [-0.2, -0.15) is 0 Å². The van der Waals surface area contributed by atoms with E-state index < -0.39 is 12.2 Å². The maximum atomic E-state index is 9.68. The monoisotopic (exact) mass is 288 g/mol. The fourth-order valence-electron chi connectivity index (χ4n) is 1.08. The van der Waals surface area contributed by atoms with Gasteiger partial charge in [0.25, 0.3) is 0 Å². The van der Waals surface area contributed by atoms with E-state index in [0.717, 1.165) is 0 Å². The van der Waals surface area contributed by atoms with Gasteiger partial charge in [0.15, 0.2) is 0 Å². The van der Waals surface area contributed by atoms with Crippen molar-refractivity contribution in [3.05, 3.63) is 32.8 Å². The van der Waals surface area contributed by atoms with E-state index in [1.165, 1.54) is 12.1 Å². The first kappa shape index (κ1) is 13.4. The van der Waals surface area contributed by atoms with Crippen LogP contribution in [0.3, 0.4) is 0 Å². The topological polar surface area (TPSA) is 40.5 Å². The maximum Gasteiger partial charge on any atom is 0.108 e. The van der Waals surface area contributed by atoms with E-state index in [9.17, 15) is 10.2 Å². The zero-order chi connectivity index (χ0) is 11.6. The number of aliphatic hydroxyl groups is 2. The van der Waals surface area contributed by atoms with Crippen LogP contribution in [0.15, 0.2) is 12.1 Å². The molecular weight excluding hydrogens is 282 g/mol. The van der Waals surface area contributed by atoms with E-state index in [4.69, 9.17) is 46.4 Å². The molecule has 0 aromatic heterocycles. The Morgan fingerprint density at radius 1 is 1.13 bits per heavy atom. The van der Waals surface area contributed by atoms with E-state index in [0.29, 0.717) is 5.02 Å². The zero-order valence-electron chi connectivity index (χ0n) is 7.42. The second-order valence-electron chi connectivity index (χ2n) is 2.96. The van der Waals surface area contributed by atoms with Gasteiger partial charge in [-0.25, -0.2) is 0 Å². The summed E-state index contributed by atoms with van der Waals surface area (Å²) in [6, 6.07) is 2.89. The van der Waals surface area contributed by atoms with Crippen molar-refractivity contribution in [2.45, 2.75) is 12.2 Å². The minimum Gasteiger partial charge on any atom is -0.389 e. The van der Waals surface area contributed by atoms with Crippen LogP contribution in [0.25, 0.3) is 0 Å². The van der Waals surface area contributed by atoms with E-state index >= 15 is 0 Å². The van der Waals surface area contributed by atoms with Crippen LogP contribution >= 0.6 is 46.4 Å². The fourth-order valence-corrected chi connectivity index (χ4v) is 1.98. The molecule has 0 aliphatic heterocycles. The number of halogens is 4. The standard InChI is InChI=1S/C9H8Cl4O2/c10-3-7(14)9(15)5-1-4(11)2-6(12)8(5)13/h1-2,7,9,14-15H,3H2. The Hall–Kier alpha value is 0.300. The molecule has 0 radical (unpaired) electrons. The van der Waals surface area contributed by atoms with Crippen molar-refractivity contribution >= 4 is 46.4 Å². The summed E-state index contributed by atoms with van der Waals surface area (Å²) >= 11 is 22.8. The molecule has 2 atom stereocenters. The largest absolute Gasteiger partial charge is 0.389 e. The first-order chi connectivity index (χ1) is 6.97. The molecule has 0 fully saturated rings. The molecule has 2 N–H and O–H groups in total. The SMILES string of the molecule is OC(CCl)C(O)c1cc(Cl)cc(Cl)c1Cl. The summed E-state index contributed by atoms with van der Waals surface area (Å²) in [5, 5.41) is 19.8. The Kier molecular flexibility index (Phi) is 4.97. The summed E-state index contributed by atoms with van der Waals surface area (Å²) in [4.78, 5) is 0. The minimum absolute atomic E-state index is 0.109. The Morgan fingerprint density at radius 3 is 2.27 bits per heavy atom. The highest BCUT2D eigenvalue weighted by molar-refractivity contribution is 6.43. The minimum atomic E-state index is -1.20. The summed E-state index contributed by atoms with van der Waals surface area (Å²) in [7, 11) is 0. The summed E-state index contributed by atoms with van der Waals surface area (Å²) in [6.45, 7) is 0. The highest BCUT2D eigenvalue weighted by Crippen LogP contribution is 2.34. The van der Waals surface area contributed by atoms with Crippen molar-refractivity contribution < 1.29 is 10.2 Å². The molecule has 84 valence electrons. The van der Waals surface area contributed by atoms with Crippen LogP contribution in [0.2, 0.25) is 15.1 Å². The van der Waals surface area contributed by atoms with Gasteiger partial charge in [0, 0.05) is 10.6 Å². The number of hydrogen-bond donors (Lipinski definition) is 2. The second-order valence-corrected chi connectivity index (χ2v) is 4.49. The number of aliphatic hydroxyl groups excluding tert-OH is 2. The van der Waals surface area contributed by atoms with Crippen LogP contribution in [0.5, 0.6) is 0 Å². The number of rotatable bonds is 3. The van der Waals surface area contributed by atoms with Crippen molar-refractivity contribution in [1.82, 2.24) is 0 Å². The lowest BCUT2D eigenvalue weighted by atomic mass is 10.1. The molecule has 15 heavy (non-hydrogen) atoms. The normalized spacial score (nSPS) is 15.1. The van der Waals surface area contributed by atoms with Crippen LogP contribution in [-0.4, -0.2) is 22.2 Å². The predicted molar refractivity (Wildman–Crippen MR) is 63.2 cm³/mol. The average molecular weight is 290 g/mol. The van der Waals surface area contributed by atoms with Crippen molar-refractivity contribution in [2.75, 3.05) is 5.88 Å². The van der Waals surface area contributed by atoms with Crippen molar-refractivity contribution in [2.24, 2.45) is 0 Å². The highest BCUT2D eigenvalue weighted by Gasteiger charge is 2.21. The predicted octanol–water partition coefficient (Wildman–Crippen LogP) is 3.28. The lowest BCUT2D eigenvalue weighted by Gasteiger charge is -2.17. The molecule has 0 heterocycles. The van der Waals surface area contributed by atoms with E-state index in [1.54, 1.807) is 0 Å². The van der Waals surface area contributed by atoms with Gasteiger partial charge in [0.05, 0.1) is 22.0 Å². The number of alkyl halides is 1. The summed E-state index contributed by atoms with van der Waals surface area (Å²) in [5.41, 5.74) is 0.266. The Balaban J connectivity index is 3.13. The molecule has 0 amide bonds. The van der Waals surface area contributed by atoms with Crippen LogP contribution in [0.4, 0.5) is 0 Å². The van der Waals surface area contributed by atoms with Crippen LogP contribution in [0.1, 0.15) is 11.7 Å². The van der Waals surface area contributed by atoms with Crippen LogP contribution in [0, 0.1) is 0 Å².